The Hall–Kier alpha value is -1.06. The van der Waals surface area contributed by atoms with Crippen molar-refractivity contribution in [2.24, 2.45) is 11.7 Å². The third-order valence-electron chi connectivity index (χ3n) is 3.16. The van der Waals surface area contributed by atoms with E-state index in [1.54, 1.807) is 6.92 Å². The molecule has 0 aliphatic carbocycles. The molecule has 1 rings (SSSR count). The predicted molar refractivity (Wildman–Crippen MR) is 70.0 cm³/mol. The van der Waals surface area contributed by atoms with Crippen LogP contribution in [-0.2, 0) is 0 Å². The van der Waals surface area contributed by atoms with E-state index < -0.39 is 5.60 Å². The summed E-state index contributed by atoms with van der Waals surface area (Å²) < 4.78 is 5.62. The summed E-state index contributed by atoms with van der Waals surface area (Å²) in [5.74, 6) is 0.903. The zero-order chi connectivity index (χ0) is 13.1. The van der Waals surface area contributed by atoms with E-state index in [4.69, 9.17) is 10.5 Å². The van der Waals surface area contributed by atoms with Crippen LogP contribution in [0.25, 0.3) is 0 Å². The molecule has 0 radical (unpaired) electrons. The van der Waals surface area contributed by atoms with Crippen LogP contribution in [-0.4, -0.2) is 17.3 Å². The van der Waals surface area contributed by atoms with Crippen molar-refractivity contribution < 1.29 is 9.84 Å². The Morgan fingerprint density at radius 3 is 2.53 bits per heavy atom. The second-order valence-corrected chi connectivity index (χ2v) is 5.16. The first-order valence-corrected chi connectivity index (χ1v) is 6.03. The molecule has 0 bridgehead atoms. The Morgan fingerprint density at radius 1 is 1.35 bits per heavy atom. The van der Waals surface area contributed by atoms with E-state index in [0.717, 1.165) is 11.3 Å². The SMILES string of the molecule is CC(C)C(C)(O)COc1cccc([C@H](C)N)c1. The lowest BCUT2D eigenvalue weighted by atomic mass is 9.94. The molecule has 2 atom stereocenters. The fraction of sp³-hybridized carbons (Fsp3) is 0.571. The molecule has 1 aromatic rings. The van der Waals surface area contributed by atoms with Gasteiger partial charge in [-0.25, -0.2) is 0 Å². The second-order valence-electron chi connectivity index (χ2n) is 5.16. The minimum absolute atomic E-state index is 0.0100. The van der Waals surface area contributed by atoms with Crippen molar-refractivity contribution in [3.63, 3.8) is 0 Å². The summed E-state index contributed by atoms with van der Waals surface area (Å²) in [6.45, 7) is 7.95. The van der Waals surface area contributed by atoms with Gasteiger partial charge in [0.15, 0.2) is 0 Å². The van der Waals surface area contributed by atoms with Gasteiger partial charge in [-0.3, -0.25) is 0 Å². The fourth-order valence-electron chi connectivity index (χ4n) is 1.28. The summed E-state index contributed by atoms with van der Waals surface area (Å²) >= 11 is 0. The normalized spacial score (nSPS) is 16.6. The van der Waals surface area contributed by atoms with Gasteiger partial charge in [-0.2, -0.15) is 0 Å². The number of rotatable bonds is 5. The van der Waals surface area contributed by atoms with E-state index in [2.05, 4.69) is 0 Å². The average Bonchev–Trinajstić information content (AvgIpc) is 2.26. The Kier molecular flexibility index (Phi) is 4.54. The van der Waals surface area contributed by atoms with Crippen LogP contribution in [0.15, 0.2) is 24.3 Å². The minimum atomic E-state index is -0.815. The standard InChI is InChI=1S/C14H23NO2/c1-10(2)14(4,16)9-17-13-7-5-6-12(8-13)11(3)15/h5-8,10-11,16H,9,15H2,1-4H3/t11-,14?/m0/s1. The Labute approximate surface area is 104 Å². The fourth-order valence-corrected chi connectivity index (χ4v) is 1.28. The smallest absolute Gasteiger partial charge is 0.119 e. The number of benzene rings is 1. The van der Waals surface area contributed by atoms with Crippen LogP contribution in [0.5, 0.6) is 5.75 Å². The lowest BCUT2D eigenvalue weighted by Crippen LogP contribution is -2.37. The van der Waals surface area contributed by atoms with Gasteiger partial charge in [-0.05, 0) is 37.5 Å². The molecular formula is C14H23NO2. The van der Waals surface area contributed by atoms with Gasteiger partial charge in [0.1, 0.15) is 12.4 Å². The second kappa shape index (κ2) is 5.52. The first-order valence-electron chi connectivity index (χ1n) is 6.03. The molecule has 17 heavy (non-hydrogen) atoms. The number of aliphatic hydroxyl groups is 1. The third kappa shape index (κ3) is 4.02. The van der Waals surface area contributed by atoms with Gasteiger partial charge in [-0.1, -0.05) is 26.0 Å². The topological polar surface area (TPSA) is 55.5 Å². The maximum atomic E-state index is 10.1. The molecular weight excluding hydrogens is 214 g/mol. The Morgan fingerprint density at radius 2 is 2.00 bits per heavy atom. The molecule has 3 nitrogen and oxygen atoms in total. The molecule has 0 heterocycles. The number of ether oxygens (including phenoxy) is 1. The molecule has 0 fully saturated rings. The highest BCUT2D eigenvalue weighted by molar-refractivity contribution is 5.30. The van der Waals surface area contributed by atoms with Crippen LogP contribution in [0, 0.1) is 5.92 Å². The van der Waals surface area contributed by atoms with E-state index in [9.17, 15) is 5.11 Å². The van der Waals surface area contributed by atoms with Gasteiger partial charge in [0.05, 0.1) is 5.60 Å². The zero-order valence-corrected chi connectivity index (χ0v) is 11.1. The van der Waals surface area contributed by atoms with Crippen molar-refractivity contribution in [3.05, 3.63) is 29.8 Å². The Bertz CT molecular complexity index is 359. The highest BCUT2D eigenvalue weighted by Gasteiger charge is 2.25. The number of hydrogen-bond donors (Lipinski definition) is 2. The number of hydrogen-bond acceptors (Lipinski definition) is 3. The van der Waals surface area contributed by atoms with Crippen LogP contribution in [0.3, 0.4) is 0 Å². The zero-order valence-electron chi connectivity index (χ0n) is 11.1. The van der Waals surface area contributed by atoms with Gasteiger partial charge in [-0.15, -0.1) is 0 Å². The van der Waals surface area contributed by atoms with E-state index in [1.165, 1.54) is 0 Å². The number of nitrogens with two attached hydrogens (primary N) is 1. The van der Waals surface area contributed by atoms with Crippen LogP contribution < -0.4 is 10.5 Å². The van der Waals surface area contributed by atoms with Crippen molar-refractivity contribution >= 4 is 0 Å². The summed E-state index contributed by atoms with van der Waals surface area (Å²) in [4.78, 5) is 0. The van der Waals surface area contributed by atoms with Gasteiger partial charge >= 0.3 is 0 Å². The quantitative estimate of drug-likeness (QED) is 0.827. The molecule has 0 aliphatic rings. The van der Waals surface area contributed by atoms with E-state index in [0.29, 0.717) is 0 Å². The van der Waals surface area contributed by atoms with Crippen LogP contribution in [0.1, 0.15) is 39.3 Å². The molecule has 0 aliphatic heterocycles. The molecule has 0 saturated carbocycles. The monoisotopic (exact) mass is 237 g/mol. The lowest BCUT2D eigenvalue weighted by molar-refractivity contribution is -0.0266. The lowest BCUT2D eigenvalue weighted by Gasteiger charge is -2.27. The molecule has 3 heteroatoms. The van der Waals surface area contributed by atoms with E-state index >= 15 is 0 Å². The minimum Gasteiger partial charge on any atom is -0.491 e. The average molecular weight is 237 g/mol. The van der Waals surface area contributed by atoms with Gasteiger partial charge in [0.25, 0.3) is 0 Å². The first-order chi connectivity index (χ1) is 7.83. The van der Waals surface area contributed by atoms with Crippen molar-refractivity contribution in [3.8, 4) is 5.75 Å². The molecule has 0 saturated heterocycles. The van der Waals surface area contributed by atoms with Gasteiger partial charge in [0, 0.05) is 6.04 Å². The van der Waals surface area contributed by atoms with Crippen LogP contribution in [0.2, 0.25) is 0 Å². The molecule has 1 unspecified atom stereocenters. The molecule has 3 N–H and O–H groups in total. The molecule has 96 valence electrons. The highest BCUT2D eigenvalue weighted by atomic mass is 16.5. The maximum Gasteiger partial charge on any atom is 0.119 e. The summed E-state index contributed by atoms with van der Waals surface area (Å²) in [5, 5.41) is 10.1. The molecule has 0 aromatic heterocycles. The third-order valence-corrected chi connectivity index (χ3v) is 3.16. The van der Waals surface area contributed by atoms with Gasteiger partial charge < -0.3 is 15.6 Å². The largest absolute Gasteiger partial charge is 0.491 e. The molecule has 0 amide bonds. The summed E-state index contributed by atoms with van der Waals surface area (Å²) in [6, 6.07) is 7.67. The first kappa shape index (κ1) is 14.0. The maximum absolute atomic E-state index is 10.1. The molecule has 1 aromatic carbocycles. The summed E-state index contributed by atoms with van der Waals surface area (Å²) in [5.41, 5.74) is 6.03. The van der Waals surface area contributed by atoms with E-state index in [1.807, 2.05) is 45.0 Å². The van der Waals surface area contributed by atoms with Crippen LogP contribution in [0.4, 0.5) is 0 Å². The summed E-state index contributed by atoms with van der Waals surface area (Å²) in [7, 11) is 0. The van der Waals surface area contributed by atoms with Crippen molar-refractivity contribution in [2.75, 3.05) is 6.61 Å². The van der Waals surface area contributed by atoms with Crippen molar-refractivity contribution in [2.45, 2.75) is 39.3 Å². The molecule has 0 spiro atoms. The van der Waals surface area contributed by atoms with Crippen molar-refractivity contribution in [1.29, 1.82) is 0 Å². The Balaban J connectivity index is 2.67. The predicted octanol–water partition coefficient (Wildman–Crippen LogP) is 2.49. The van der Waals surface area contributed by atoms with Crippen molar-refractivity contribution in [1.82, 2.24) is 0 Å². The summed E-state index contributed by atoms with van der Waals surface area (Å²) in [6.07, 6.45) is 0. The van der Waals surface area contributed by atoms with E-state index in [-0.39, 0.29) is 18.6 Å². The highest BCUT2D eigenvalue weighted by Crippen LogP contribution is 2.21. The van der Waals surface area contributed by atoms with Gasteiger partial charge in [0.2, 0.25) is 0 Å². The van der Waals surface area contributed by atoms with Crippen LogP contribution >= 0.6 is 0 Å².